The number of rotatable bonds is 5. The molecule has 2 aromatic heterocycles. The van der Waals surface area contributed by atoms with Crippen LogP contribution in [-0.4, -0.2) is 59.9 Å². The predicted octanol–water partition coefficient (Wildman–Crippen LogP) is 1.60. The molecule has 0 bridgehead atoms. The number of aromatic nitrogens is 2. The molecule has 1 saturated heterocycles. The molecule has 0 atom stereocenters. The van der Waals surface area contributed by atoms with Crippen LogP contribution in [0.3, 0.4) is 0 Å². The van der Waals surface area contributed by atoms with Gasteiger partial charge in [0.1, 0.15) is 4.21 Å². The zero-order valence-electron chi connectivity index (χ0n) is 11.9. The van der Waals surface area contributed by atoms with Crippen molar-refractivity contribution in [3.8, 4) is 0 Å². The van der Waals surface area contributed by atoms with Gasteiger partial charge in [-0.15, -0.1) is 11.3 Å². The van der Waals surface area contributed by atoms with Crippen molar-refractivity contribution < 1.29 is 8.42 Å². The second-order valence-electron chi connectivity index (χ2n) is 5.10. The molecule has 0 aliphatic carbocycles. The SMILES string of the molecule is O=S(=O)(c1ccc(Cl)s1)N1CCN(CCn2ccnc2)CC1. The summed E-state index contributed by atoms with van der Waals surface area (Å²) in [6.07, 6.45) is 5.49. The van der Waals surface area contributed by atoms with Gasteiger partial charge in [-0.25, -0.2) is 13.4 Å². The van der Waals surface area contributed by atoms with Crippen molar-refractivity contribution >= 4 is 33.0 Å². The lowest BCUT2D eigenvalue weighted by Gasteiger charge is -2.33. The lowest BCUT2D eigenvalue weighted by Crippen LogP contribution is -2.49. The Morgan fingerprint density at radius 1 is 1.18 bits per heavy atom. The van der Waals surface area contributed by atoms with E-state index in [0.717, 1.165) is 37.5 Å². The smallest absolute Gasteiger partial charge is 0.252 e. The molecular formula is C13H17ClN4O2S2. The molecule has 1 fully saturated rings. The highest BCUT2D eigenvalue weighted by Crippen LogP contribution is 2.28. The summed E-state index contributed by atoms with van der Waals surface area (Å²) >= 11 is 6.95. The molecule has 9 heteroatoms. The van der Waals surface area contributed by atoms with Gasteiger partial charge in [0, 0.05) is 51.7 Å². The standard InChI is InChI=1S/C13H17ClN4O2S2/c14-12-1-2-13(21-12)22(19,20)18-9-7-16(8-10-18)5-6-17-4-3-15-11-17/h1-4,11H,5-10H2. The van der Waals surface area contributed by atoms with Crippen molar-refractivity contribution in [3.05, 3.63) is 35.2 Å². The van der Waals surface area contributed by atoms with Crippen molar-refractivity contribution in [2.24, 2.45) is 0 Å². The number of halogens is 1. The number of hydrogen-bond acceptors (Lipinski definition) is 5. The predicted molar refractivity (Wildman–Crippen MR) is 86.8 cm³/mol. The van der Waals surface area contributed by atoms with E-state index in [1.54, 1.807) is 29.0 Å². The van der Waals surface area contributed by atoms with Crippen LogP contribution < -0.4 is 0 Å². The summed E-state index contributed by atoms with van der Waals surface area (Å²) in [7, 11) is -3.40. The van der Waals surface area contributed by atoms with Gasteiger partial charge in [0.05, 0.1) is 10.7 Å². The average Bonchev–Trinajstić information content (AvgIpc) is 3.17. The van der Waals surface area contributed by atoms with E-state index in [9.17, 15) is 8.42 Å². The number of imidazole rings is 1. The molecule has 1 aliphatic heterocycles. The molecule has 0 saturated carbocycles. The first-order valence-electron chi connectivity index (χ1n) is 6.99. The highest BCUT2D eigenvalue weighted by molar-refractivity contribution is 7.91. The van der Waals surface area contributed by atoms with Crippen molar-refractivity contribution in [3.63, 3.8) is 0 Å². The van der Waals surface area contributed by atoms with Crippen LogP contribution in [0.2, 0.25) is 4.34 Å². The quantitative estimate of drug-likeness (QED) is 0.812. The maximum atomic E-state index is 12.5. The van der Waals surface area contributed by atoms with Gasteiger partial charge < -0.3 is 4.57 Å². The Kier molecular flexibility index (Phi) is 4.84. The first-order valence-corrected chi connectivity index (χ1v) is 9.63. The van der Waals surface area contributed by atoms with Crippen molar-refractivity contribution in [2.75, 3.05) is 32.7 Å². The molecule has 1 aliphatic rings. The molecular weight excluding hydrogens is 344 g/mol. The highest BCUT2D eigenvalue weighted by atomic mass is 35.5. The van der Waals surface area contributed by atoms with Crippen LogP contribution in [0.5, 0.6) is 0 Å². The Morgan fingerprint density at radius 2 is 1.95 bits per heavy atom. The minimum atomic E-state index is -3.40. The van der Waals surface area contributed by atoms with E-state index in [0.29, 0.717) is 21.6 Å². The second kappa shape index (κ2) is 6.67. The molecule has 0 amide bonds. The number of nitrogens with zero attached hydrogens (tertiary/aromatic N) is 4. The van der Waals surface area contributed by atoms with Gasteiger partial charge in [-0.05, 0) is 12.1 Å². The Hall–Kier alpha value is -0.930. The Bertz CT molecular complexity index is 706. The third-order valence-corrected chi connectivity index (χ3v) is 7.30. The van der Waals surface area contributed by atoms with E-state index in [1.807, 2.05) is 10.8 Å². The fraction of sp³-hybridized carbons (Fsp3) is 0.462. The van der Waals surface area contributed by atoms with Gasteiger partial charge in [0.15, 0.2) is 0 Å². The molecule has 22 heavy (non-hydrogen) atoms. The fourth-order valence-corrected chi connectivity index (χ4v) is 5.49. The minimum absolute atomic E-state index is 0.323. The number of piperazine rings is 1. The van der Waals surface area contributed by atoms with Gasteiger partial charge in [-0.1, -0.05) is 11.6 Å². The fourth-order valence-electron chi connectivity index (χ4n) is 2.43. The van der Waals surface area contributed by atoms with Crippen LogP contribution in [0.15, 0.2) is 35.1 Å². The van der Waals surface area contributed by atoms with E-state index in [-0.39, 0.29) is 0 Å². The lowest BCUT2D eigenvalue weighted by molar-refractivity contribution is 0.183. The Balaban J connectivity index is 1.55. The van der Waals surface area contributed by atoms with Crippen molar-refractivity contribution in [2.45, 2.75) is 10.8 Å². The van der Waals surface area contributed by atoms with Crippen LogP contribution in [0.4, 0.5) is 0 Å². The van der Waals surface area contributed by atoms with Gasteiger partial charge in [0.2, 0.25) is 0 Å². The maximum absolute atomic E-state index is 12.5. The summed E-state index contributed by atoms with van der Waals surface area (Å²) in [5.74, 6) is 0. The van der Waals surface area contributed by atoms with Crippen LogP contribution in [0.25, 0.3) is 0 Å². The normalized spacial score (nSPS) is 17.9. The molecule has 0 spiro atoms. The van der Waals surface area contributed by atoms with Gasteiger partial charge in [-0.3, -0.25) is 4.90 Å². The first kappa shape index (κ1) is 15.9. The third kappa shape index (κ3) is 3.52. The van der Waals surface area contributed by atoms with E-state index >= 15 is 0 Å². The van der Waals surface area contributed by atoms with E-state index in [1.165, 1.54) is 0 Å². The molecule has 3 heterocycles. The molecule has 120 valence electrons. The van der Waals surface area contributed by atoms with E-state index in [2.05, 4.69) is 9.88 Å². The summed E-state index contributed by atoms with van der Waals surface area (Å²) in [6, 6.07) is 3.20. The molecule has 0 aromatic carbocycles. The minimum Gasteiger partial charge on any atom is -0.336 e. The van der Waals surface area contributed by atoms with Crippen molar-refractivity contribution in [1.82, 2.24) is 18.8 Å². The first-order chi connectivity index (χ1) is 10.6. The third-order valence-electron chi connectivity index (χ3n) is 3.71. The molecule has 3 rings (SSSR count). The zero-order valence-corrected chi connectivity index (χ0v) is 14.3. The largest absolute Gasteiger partial charge is 0.336 e. The summed E-state index contributed by atoms with van der Waals surface area (Å²) in [5, 5.41) is 0. The Morgan fingerprint density at radius 3 is 2.55 bits per heavy atom. The molecule has 2 aromatic rings. The van der Waals surface area contributed by atoms with Crippen LogP contribution in [0.1, 0.15) is 0 Å². The summed E-state index contributed by atoms with van der Waals surface area (Å²) in [6.45, 7) is 4.28. The maximum Gasteiger partial charge on any atom is 0.252 e. The molecule has 0 N–H and O–H groups in total. The van der Waals surface area contributed by atoms with E-state index in [4.69, 9.17) is 11.6 Å². The molecule has 0 radical (unpaired) electrons. The van der Waals surface area contributed by atoms with Crippen LogP contribution >= 0.6 is 22.9 Å². The topological polar surface area (TPSA) is 58.4 Å². The zero-order chi connectivity index (χ0) is 15.6. The lowest BCUT2D eigenvalue weighted by atomic mass is 10.3. The summed E-state index contributed by atoms with van der Waals surface area (Å²) < 4.78 is 29.4. The monoisotopic (exact) mass is 360 g/mol. The van der Waals surface area contributed by atoms with Gasteiger partial charge >= 0.3 is 0 Å². The van der Waals surface area contributed by atoms with Gasteiger partial charge in [0.25, 0.3) is 10.0 Å². The second-order valence-corrected chi connectivity index (χ2v) is 8.98. The average molecular weight is 361 g/mol. The summed E-state index contributed by atoms with van der Waals surface area (Å²) in [4.78, 5) is 6.28. The number of sulfonamides is 1. The summed E-state index contributed by atoms with van der Waals surface area (Å²) in [5.41, 5.74) is 0. The van der Waals surface area contributed by atoms with E-state index < -0.39 is 10.0 Å². The van der Waals surface area contributed by atoms with Crippen LogP contribution in [0, 0.1) is 0 Å². The Labute approximate surface area is 139 Å². The molecule has 0 unspecified atom stereocenters. The number of hydrogen-bond donors (Lipinski definition) is 0. The molecule has 6 nitrogen and oxygen atoms in total. The van der Waals surface area contributed by atoms with Crippen LogP contribution in [-0.2, 0) is 16.6 Å². The van der Waals surface area contributed by atoms with Crippen molar-refractivity contribution in [1.29, 1.82) is 0 Å². The van der Waals surface area contributed by atoms with Gasteiger partial charge in [-0.2, -0.15) is 4.31 Å². The number of thiophene rings is 1. The highest BCUT2D eigenvalue weighted by Gasteiger charge is 2.29.